The Morgan fingerprint density at radius 1 is 0.740 bits per heavy atom. The molecule has 0 spiro atoms. The summed E-state index contributed by atoms with van der Waals surface area (Å²) < 4.78 is 35.6. The van der Waals surface area contributed by atoms with Crippen molar-refractivity contribution < 1.29 is 22.7 Å². The molecule has 0 aliphatic heterocycles. The molecule has 0 bridgehead atoms. The molecule has 5 aromatic carbocycles. The molecule has 8 nitrogen and oxygen atoms in total. The van der Waals surface area contributed by atoms with Crippen molar-refractivity contribution >= 4 is 27.5 Å². The average Bonchev–Trinajstić information content (AvgIpc) is 3.14. The van der Waals surface area contributed by atoms with Crippen LogP contribution in [0.15, 0.2) is 144 Å². The normalized spacial score (nSPS) is 11.7. The molecule has 1 unspecified atom stereocenters. The monoisotopic (exact) mass is 689 g/mol. The third-order valence-electron chi connectivity index (χ3n) is 8.42. The van der Waals surface area contributed by atoms with Crippen molar-refractivity contribution in [2.24, 2.45) is 0 Å². The summed E-state index contributed by atoms with van der Waals surface area (Å²) >= 11 is 0. The predicted molar refractivity (Wildman–Crippen MR) is 198 cm³/mol. The molecule has 5 aromatic rings. The number of carbonyl (C=O) groups is 2. The number of carbonyl (C=O) groups excluding carboxylic acids is 2. The second-order valence-electron chi connectivity index (χ2n) is 12.0. The van der Waals surface area contributed by atoms with Crippen LogP contribution in [0.25, 0.3) is 0 Å². The molecular weight excluding hydrogens is 647 g/mol. The first-order valence-corrected chi connectivity index (χ1v) is 18.3. The highest BCUT2D eigenvalue weighted by Crippen LogP contribution is 2.29. The van der Waals surface area contributed by atoms with Gasteiger partial charge in [0.1, 0.15) is 24.1 Å². The van der Waals surface area contributed by atoms with Crippen LogP contribution in [0.2, 0.25) is 0 Å². The van der Waals surface area contributed by atoms with E-state index in [2.05, 4.69) is 5.32 Å². The van der Waals surface area contributed by atoms with Crippen molar-refractivity contribution in [1.82, 2.24) is 10.2 Å². The topological polar surface area (TPSA) is 96.0 Å². The van der Waals surface area contributed by atoms with Gasteiger partial charge in [0.15, 0.2) is 0 Å². The molecule has 0 heterocycles. The van der Waals surface area contributed by atoms with Crippen LogP contribution in [-0.4, -0.2) is 44.3 Å². The standard InChI is InChI=1S/C41H43N3O5S/c1-3-4-28-42-41(46)39(29-33-17-8-5-9-18-33)43(30-34-19-15-14-16-32(34)2)40(45)31-44(50(47,48)38-22-12-7-13-23-38)35-24-26-37(27-25-35)49-36-20-10-6-11-21-36/h5-27,39H,3-4,28-31H2,1-2H3,(H,42,46). The molecule has 50 heavy (non-hydrogen) atoms. The van der Waals surface area contributed by atoms with Gasteiger partial charge in [-0.1, -0.05) is 104 Å². The zero-order valence-corrected chi connectivity index (χ0v) is 29.3. The van der Waals surface area contributed by atoms with Crippen LogP contribution in [0, 0.1) is 6.92 Å². The van der Waals surface area contributed by atoms with Crippen LogP contribution in [0.4, 0.5) is 5.69 Å². The molecule has 2 amide bonds. The van der Waals surface area contributed by atoms with Crippen molar-refractivity contribution in [2.75, 3.05) is 17.4 Å². The molecular formula is C41H43N3O5S. The smallest absolute Gasteiger partial charge is 0.264 e. The zero-order chi connectivity index (χ0) is 35.3. The Hall–Kier alpha value is -5.41. The molecule has 0 fully saturated rings. The van der Waals surface area contributed by atoms with Crippen molar-refractivity contribution in [2.45, 2.75) is 50.6 Å². The van der Waals surface area contributed by atoms with Gasteiger partial charge in [-0.05, 0) is 78.6 Å². The number of nitrogens with zero attached hydrogens (tertiary/aromatic N) is 2. The maximum atomic E-state index is 14.7. The predicted octanol–water partition coefficient (Wildman–Crippen LogP) is 7.54. The van der Waals surface area contributed by atoms with Gasteiger partial charge in [0.05, 0.1) is 10.6 Å². The lowest BCUT2D eigenvalue weighted by atomic mass is 10.0. The largest absolute Gasteiger partial charge is 0.457 e. The highest BCUT2D eigenvalue weighted by molar-refractivity contribution is 7.92. The summed E-state index contributed by atoms with van der Waals surface area (Å²) in [5.74, 6) is 0.349. The maximum absolute atomic E-state index is 14.7. The van der Waals surface area contributed by atoms with Crippen molar-refractivity contribution in [3.63, 3.8) is 0 Å². The van der Waals surface area contributed by atoms with Crippen LogP contribution in [0.1, 0.15) is 36.5 Å². The molecule has 1 atom stereocenters. The Bertz CT molecular complexity index is 1940. The number of nitrogens with one attached hydrogen (secondary N) is 1. The number of aryl methyl sites for hydroxylation is 1. The number of sulfonamides is 1. The van der Waals surface area contributed by atoms with Gasteiger partial charge >= 0.3 is 0 Å². The third-order valence-corrected chi connectivity index (χ3v) is 10.2. The van der Waals surface area contributed by atoms with Gasteiger partial charge in [-0.15, -0.1) is 0 Å². The molecule has 0 saturated heterocycles. The van der Waals surface area contributed by atoms with Gasteiger partial charge in [-0.3, -0.25) is 13.9 Å². The molecule has 258 valence electrons. The highest BCUT2D eigenvalue weighted by Gasteiger charge is 2.34. The summed E-state index contributed by atoms with van der Waals surface area (Å²) in [4.78, 5) is 30.2. The highest BCUT2D eigenvalue weighted by atomic mass is 32.2. The van der Waals surface area contributed by atoms with Crippen LogP contribution in [0.5, 0.6) is 11.5 Å². The van der Waals surface area contributed by atoms with E-state index in [1.165, 1.54) is 17.0 Å². The maximum Gasteiger partial charge on any atom is 0.264 e. The van der Waals surface area contributed by atoms with Crippen LogP contribution < -0.4 is 14.4 Å². The fraction of sp³-hybridized carbons (Fsp3) is 0.220. The number of para-hydroxylation sites is 1. The zero-order valence-electron chi connectivity index (χ0n) is 28.4. The van der Waals surface area contributed by atoms with Crippen molar-refractivity contribution in [3.05, 3.63) is 156 Å². The van der Waals surface area contributed by atoms with E-state index < -0.39 is 28.5 Å². The minimum atomic E-state index is -4.21. The van der Waals surface area contributed by atoms with Gasteiger partial charge in [0, 0.05) is 19.5 Å². The molecule has 5 rings (SSSR count). The van der Waals surface area contributed by atoms with Crippen LogP contribution >= 0.6 is 0 Å². The van der Waals surface area contributed by atoms with E-state index in [1.54, 1.807) is 42.5 Å². The number of benzene rings is 5. The van der Waals surface area contributed by atoms with Gasteiger partial charge in [-0.25, -0.2) is 8.42 Å². The average molecular weight is 690 g/mol. The van der Waals surface area contributed by atoms with E-state index in [9.17, 15) is 18.0 Å². The van der Waals surface area contributed by atoms with E-state index in [0.29, 0.717) is 18.0 Å². The first-order chi connectivity index (χ1) is 24.3. The van der Waals surface area contributed by atoms with Crippen LogP contribution in [0.3, 0.4) is 0 Å². The molecule has 0 radical (unpaired) electrons. The van der Waals surface area contributed by atoms with Gasteiger partial charge < -0.3 is 15.0 Å². The lowest BCUT2D eigenvalue weighted by Gasteiger charge is -2.34. The van der Waals surface area contributed by atoms with E-state index in [1.807, 2.05) is 98.8 Å². The minimum absolute atomic E-state index is 0.0426. The molecule has 0 aliphatic rings. The number of hydrogen-bond donors (Lipinski definition) is 1. The lowest BCUT2D eigenvalue weighted by molar-refractivity contribution is -0.140. The molecule has 9 heteroatoms. The Kier molecular flexibility index (Phi) is 12.4. The number of ether oxygens (including phenoxy) is 1. The Morgan fingerprint density at radius 2 is 1.32 bits per heavy atom. The second kappa shape index (κ2) is 17.3. The van der Waals surface area contributed by atoms with Gasteiger partial charge in [-0.2, -0.15) is 0 Å². The summed E-state index contributed by atoms with van der Waals surface area (Å²) in [6, 6.07) is 40.2. The molecule has 0 aliphatic carbocycles. The molecule has 0 aromatic heterocycles. The van der Waals surface area contributed by atoms with Gasteiger partial charge in [0.2, 0.25) is 11.8 Å². The van der Waals surface area contributed by atoms with E-state index >= 15 is 0 Å². The number of amides is 2. The fourth-order valence-electron chi connectivity index (χ4n) is 5.58. The number of anilines is 1. The number of rotatable bonds is 16. The van der Waals surface area contributed by atoms with E-state index in [0.717, 1.165) is 33.8 Å². The molecule has 0 saturated carbocycles. The Balaban J connectivity index is 1.54. The molecule has 1 N–H and O–H groups in total. The Morgan fingerprint density at radius 3 is 1.96 bits per heavy atom. The number of hydrogen-bond acceptors (Lipinski definition) is 5. The lowest BCUT2D eigenvalue weighted by Crippen LogP contribution is -2.53. The SMILES string of the molecule is CCCCNC(=O)C(Cc1ccccc1)N(Cc1ccccc1C)C(=O)CN(c1ccc(Oc2ccccc2)cc1)S(=O)(=O)c1ccccc1. The fourth-order valence-corrected chi connectivity index (χ4v) is 7.02. The quantitative estimate of drug-likeness (QED) is 0.108. The van der Waals surface area contributed by atoms with Crippen molar-refractivity contribution in [3.8, 4) is 11.5 Å². The number of unbranched alkanes of at least 4 members (excludes halogenated alkanes) is 1. The van der Waals surface area contributed by atoms with Crippen LogP contribution in [-0.2, 0) is 32.6 Å². The summed E-state index contributed by atoms with van der Waals surface area (Å²) in [5, 5.41) is 3.03. The third kappa shape index (κ3) is 9.39. The minimum Gasteiger partial charge on any atom is -0.457 e. The van der Waals surface area contributed by atoms with Gasteiger partial charge in [0.25, 0.3) is 10.0 Å². The summed E-state index contributed by atoms with van der Waals surface area (Å²) in [6.07, 6.45) is 1.95. The summed E-state index contributed by atoms with van der Waals surface area (Å²) in [7, 11) is -4.21. The van der Waals surface area contributed by atoms with E-state index in [-0.39, 0.29) is 29.5 Å². The second-order valence-corrected chi connectivity index (χ2v) is 13.9. The summed E-state index contributed by atoms with van der Waals surface area (Å²) in [6.45, 7) is 4.06. The first-order valence-electron chi connectivity index (χ1n) is 16.8. The van der Waals surface area contributed by atoms with Crippen molar-refractivity contribution in [1.29, 1.82) is 0 Å². The Labute approximate surface area is 295 Å². The first kappa shape index (κ1) is 35.9. The van der Waals surface area contributed by atoms with E-state index in [4.69, 9.17) is 4.74 Å². The summed E-state index contributed by atoms with van der Waals surface area (Å²) in [5.41, 5.74) is 2.98.